The Morgan fingerprint density at radius 1 is 0.674 bits per heavy atom. The lowest BCUT2D eigenvalue weighted by Gasteiger charge is -2.19. The van der Waals surface area contributed by atoms with Gasteiger partial charge in [-0.3, -0.25) is 38.5 Å². The Balaban J connectivity index is 1.37. The monoisotopic (exact) mass is 634 g/mol. The van der Waals surface area contributed by atoms with Crippen LogP contribution in [0.2, 0.25) is 0 Å². The molecule has 46 heavy (non-hydrogen) atoms. The molecule has 0 aliphatic carbocycles. The Bertz CT molecular complexity index is 1410. The third-order valence-electron chi connectivity index (χ3n) is 6.86. The van der Waals surface area contributed by atoms with E-state index in [1.54, 1.807) is 48.5 Å². The van der Waals surface area contributed by atoms with Crippen molar-refractivity contribution in [2.45, 2.75) is 44.8 Å². The molecule has 0 saturated heterocycles. The summed E-state index contributed by atoms with van der Waals surface area (Å²) < 4.78 is 0. The van der Waals surface area contributed by atoms with Gasteiger partial charge in [0.1, 0.15) is 6.04 Å². The molecular weight excluding hydrogens is 596 g/mol. The molecule has 1 heterocycles. The molecule has 244 valence electrons. The molecule has 1 atom stereocenters. The van der Waals surface area contributed by atoms with Crippen molar-refractivity contribution >= 4 is 47.0 Å². The number of aliphatic hydroxyl groups excluding tert-OH is 1. The fourth-order valence-electron chi connectivity index (χ4n) is 4.39. The minimum absolute atomic E-state index is 0.130. The molecular formula is C32H38N6O8. The predicted molar refractivity (Wildman–Crippen MR) is 166 cm³/mol. The number of imide groups is 1. The number of hydrogen-bond acceptors (Lipinski definition) is 8. The van der Waals surface area contributed by atoms with Crippen LogP contribution in [0.1, 0.15) is 36.8 Å². The number of unbranched alkanes of at least 4 members (excludes halogenated alkanes) is 2. The van der Waals surface area contributed by atoms with Gasteiger partial charge in [-0.25, -0.2) is 0 Å². The SMILES string of the molecule is O=C(CCCCCN1C(=O)C=CC1=O)NCC(=O)NCC(=O)N[C@H](Cc1ccccc1)C(=O)NCC(=O)Nc1ccc(CO)cc1. The van der Waals surface area contributed by atoms with Crippen molar-refractivity contribution in [2.75, 3.05) is 31.5 Å². The predicted octanol–water partition coefficient (Wildman–Crippen LogP) is -0.321. The molecule has 14 heteroatoms. The summed E-state index contributed by atoms with van der Waals surface area (Å²) >= 11 is 0. The highest BCUT2D eigenvalue weighted by molar-refractivity contribution is 6.12. The summed E-state index contributed by atoms with van der Waals surface area (Å²) in [5, 5.41) is 21.7. The maximum absolute atomic E-state index is 13.0. The van der Waals surface area contributed by atoms with E-state index in [1.807, 2.05) is 6.07 Å². The Labute approximate surface area is 266 Å². The van der Waals surface area contributed by atoms with E-state index in [2.05, 4.69) is 26.6 Å². The van der Waals surface area contributed by atoms with Crippen LogP contribution in [0.4, 0.5) is 5.69 Å². The quantitative estimate of drug-likeness (QED) is 0.0945. The molecule has 2 aromatic carbocycles. The molecule has 3 rings (SSSR count). The van der Waals surface area contributed by atoms with E-state index in [-0.39, 0.29) is 56.8 Å². The summed E-state index contributed by atoms with van der Waals surface area (Å²) in [5.74, 6) is -3.39. The van der Waals surface area contributed by atoms with Crippen molar-refractivity contribution in [1.29, 1.82) is 0 Å². The van der Waals surface area contributed by atoms with Gasteiger partial charge in [0.2, 0.25) is 29.5 Å². The Kier molecular flexibility index (Phi) is 14.1. The summed E-state index contributed by atoms with van der Waals surface area (Å²) in [6, 6.07) is 14.5. The topological polar surface area (TPSA) is 203 Å². The highest BCUT2D eigenvalue weighted by atomic mass is 16.3. The molecule has 2 aromatic rings. The van der Waals surface area contributed by atoms with Gasteiger partial charge in [0.05, 0.1) is 26.2 Å². The largest absolute Gasteiger partial charge is 0.392 e. The number of anilines is 1. The number of benzene rings is 2. The number of nitrogens with one attached hydrogen (secondary N) is 5. The Hall–Kier alpha value is -5.37. The normalized spacial score (nSPS) is 12.8. The lowest BCUT2D eigenvalue weighted by molar-refractivity contribution is -0.137. The molecule has 0 unspecified atom stereocenters. The maximum Gasteiger partial charge on any atom is 0.253 e. The van der Waals surface area contributed by atoms with Crippen LogP contribution in [-0.4, -0.2) is 83.6 Å². The first-order valence-corrected chi connectivity index (χ1v) is 14.8. The van der Waals surface area contributed by atoms with Crippen molar-refractivity contribution < 1.29 is 38.7 Å². The number of hydrogen-bond donors (Lipinski definition) is 6. The minimum atomic E-state index is -1.04. The van der Waals surface area contributed by atoms with Crippen LogP contribution in [-0.2, 0) is 46.6 Å². The number of rotatable bonds is 18. The first kappa shape index (κ1) is 35.1. The van der Waals surface area contributed by atoms with Crippen molar-refractivity contribution in [3.63, 3.8) is 0 Å². The van der Waals surface area contributed by atoms with Gasteiger partial charge < -0.3 is 31.7 Å². The molecule has 0 bridgehead atoms. The fourth-order valence-corrected chi connectivity index (χ4v) is 4.39. The van der Waals surface area contributed by atoms with Gasteiger partial charge >= 0.3 is 0 Å². The highest BCUT2D eigenvalue weighted by Crippen LogP contribution is 2.10. The average molecular weight is 635 g/mol. The molecule has 0 radical (unpaired) electrons. The van der Waals surface area contributed by atoms with E-state index in [9.17, 15) is 33.6 Å². The lowest BCUT2D eigenvalue weighted by atomic mass is 10.1. The second-order valence-corrected chi connectivity index (χ2v) is 10.5. The molecule has 0 saturated carbocycles. The Morgan fingerprint density at radius 3 is 1.98 bits per heavy atom. The minimum Gasteiger partial charge on any atom is -0.392 e. The van der Waals surface area contributed by atoms with Crippen molar-refractivity contribution in [2.24, 2.45) is 0 Å². The standard InChI is InChI=1S/C32H38N6O8/c39-21-23-10-12-24(13-11-23)36-28(42)20-35-32(46)25(17-22-7-3-1-4-8-22)37-29(43)19-34-27(41)18-33-26(40)9-5-2-6-16-38-30(44)14-15-31(38)45/h1,3-4,7-8,10-15,25,39H,2,5-6,9,16-21H2,(H,33,40)(H,34,41)(H,35,46)(H,36,42)(H,37,43)/t25-/m1/s1. The van der Waals surface area contributed by atoms with E-state index < -0.39 is 36.2 Å². The second-order valence-electron chi connectivity index (χ2n) is 10.5. The van der Waals surface area contributed by atoms with Crippen molar-refractivity contribution in [1.82, 2.24) is 26.2 Å². The number of carbonyl (C=O) groups excluding carboxylic acids is 7. The van der Waals surface area contributed by atoms with Crippen LogP contribution >= 0.6 is 0 Å². The van der Waals surface area contributed by atoms with Crippen molar-refractivity contribution in [3.05, 3.63) is 77.9 Å². The van der Waals surface area contributed by atoms with Gasteiger partial charge in [0.15, 0.2) is 0 Å². The summed E-state index contributed by atoms with van der Waals surface area (Å²) in [4.78, 5) is 86.4. The van der Waals surface area contributed by atoms with Gasteiger partial charge in [0, 0.05) is 37.2 Å². The number of aliphatic hydroxyl groups is 1. The number of amides is 7. The first-order chi connectivity index (χ1) is 22.1. The Morgan fingerprint density at radius 2 is 1.30 bits per heavy atom. The molecule has 6 N–H and O–H groups in total. The fraction of sp³-hybridized carbons (Fsp3) is 0.344. The molecule has 0 fully saturated rings. The van der Waals surface area contributed by atoms with Crippen LogP contribution in [0.25, 0.3) is 0 Å². The molecule has 0 spiro atoms. The third kappa shape index (κ3) is 12.3. The number of carbonyl (C=O) groups is 7. The van der Waals surface area contributed by atoms with Gasteiger partial charge in [-0.15, -0.1) is 0 Å². The number of nitrogens with zero attached hydrogens (tertiary/aromatic N) is 1. The van der Waals surface area contributed by atoms with E-state index in [4.69, 9.17) is 5.11 Å². The molecule has 1 aliphatic heterocycles. The summed E-state index contributed by atoms with van der Waals surface area (Å²) in [6.45, 7) is -0.995. The van der Waals surface area contributed by atoms with Crippen molar-refractivity contribution in [3.8, 4) is 0 Å². The molecule has 7 amide bonds. The van der Waals surface area contributed by atoms with Gasteiger partial charge in [-0.1, -0.05) is 48.9 Å². The van der Waals surface area contributed by atoms with E-state index >= 15 is 0 Å². The zero-order valence-corrected chi connectivity index (χ0v) is 25.3. The van der Waals surface area contributed by atoms with Gasteiger partial charge in [-0.2, -0.15) is 0 Å². The highest BCUT2D eigenvalue weighted by Gasteiger charge is 2.23. The average Bonchev–Trinajstić information content (AvgIpc) is 3.38. The van der Waals surface area contributed by atoms with Crippen LogP contribution in [0, 0.1) is 0 Å². The molecule has 14 nitrogen and oxygen atoms in total. The zero-order valence-electron chi connectivity index (χ0n) is 25.3. The van der Waals surface area contributed by atoms with Crippen LogP contribution in [0.3, 0.4) is 0 Å². The maximum atomic E-state index is 13.0. The first-order valence-electron chi connectivity index (χ1n) is 14.8. The smallest absolute Gasteiger partial charge is 0.253 e. The summed E-state index contributed by atoms with van der Waals surface area (Å²) in [6.07, 6.45) is 4.39. The van der Waals surface area contributed by atoms with E-state index in [1.165, 1.54) is 12.2 Å². The van der Waals surface area contributed by atoms with E-state index in [0.717, 1.165) is 10.5 Å². The van der Waals surface area contributed by atoms with Crippen LogP contribution in [0.15, 0.2) is 66.7 Å². The molecule has 0 aromatic heterocycles. The summed E-state index contributed by atoms with van der Waals surface area (Å²) in [5.41, 5.74) is 1.93. The van der Waals surface area contributed by atoms with E-state index in [0.29, 0.717) is 30.5 Å². The lowest BCUT2D eigenvalue weighted by Crippen LogP contribution is -2.52. The zero-order chi connectivity index (χ0) is 33.3. The van der Waals surface area contributed by atoms with Gasteiger partial charge in [0.25, 0.3) is 11.8 Å². The third-order valence-corrected chi connectivity index (χ3v) is 6.86. The van der Waals surface area contributed by atoms with Gasteiger partial charge in [-0.05, 0) is 36.1 Å². The van der Waals surface area contributed by atoms with Crippen LogP contribution in [0.5, 0.6) is 0 Å². The molecule has 1 aliphatic rings. The van der Waals surface area contributed by atoms with Crippen LogP contribution < -0.4 is 26.6 Å². The summed E-state index contributed by atoms with van der Waals surface area (Å²) in [7, 11) is 0. The second kappa shape index (κ2) is 18.4.